The molecule has 6 aromatic carbocycles. The first-order chi connectivity index (χ1) is 28.8. The summed E-state index contributed by atoms with van der Waals surface area (Å²) in [7, 11) is 0. The highest BCUT2D eigenvalue weighted by atomic mass is 15.1. The number of benzene rings is 6. The number of hydrogen-bond acceptors (Lipinski definition) is 5. The molecule has 58 heavy (non-hydrogen) atoms. The van der Waals surface area contributed by atoms with Crippen LogP contribution in [-0.2, 0) is 0 Å². The predicted molar refractivity (Wildman–Crippen MR) is 235 cm³/mol. The Morgan fingerprint density at radius 3 is 1.67 bits per heavy atom. The third-order valence-corrected chi connectivity index (χ3v) is 11.1. The normalized spacial score (nSPS) is 16.1. The highest BCUT2D eigenvalue weighted by molar-refractivity contribution is 6.22. The maximum Gasteiger partial charge on any atom is 0.161 e. The van der Waals surface area contributed by atoms with Crippen LogP contribution in [0.5, 0.6) is 0 Å². The topological polar surface area (TPSA) is 68.3 Å². The molecule has 1 aliphatic carbocycles. The SMILES string of the molecule is C1=C(c2ccc(/C3=N/c4ncccc4/C(c4ccc(-c5nc6ccccc6n5-c5ccccc5)cc4)=N\c4ncccc43)cc2)C(c2ccccc2)c2ccccc21. The molecule has 1 aliphatic heterocycles. The van der Waals surface area contributed by atoms with Crippen molar-refractivity contribution >= 4 is 45.7 Å². The zero-order valence-corrected chi connectivity index (χ0v) is 31.3. The highest BCUT2D eigenvalue weighted by Crippen LogP contribution is 2.46. The number of imidazole rings is 1. The van der Waals surface area contributed by atoms with Gasteiger partial charge >= 0.3 is 0 Å². The number of aromatic nitrogens is 4. The first-order valence-electron chi connectivity index (χ1n) is 19.4. The fraction of sp³-hybridized carbons (Fsp3) is 0.0192. The molecule has 0 fully saturated rings. The number of pyridine rings is 2. The van der Waals surface area contributed by atoms with Gasteiger partial charge in [-0.2, -0.15) is 0 Å². The minimum Gasteiger partial charge on any atom is -0.292 e. The van der Waals surface area contributed by atoms with Crippen LogP contribution in [0, 0.1) is 0 Å². The van der Waals surface area contributed by atoms with E-state index in [1.165, 1.54) is 27.8 Å². The highest BCUT2D eigenvalue weighted by Gasteiger charge is 2.28. The summed E-state index contributed by atoms with van der Waals surface area (Å²) < 4.78 is 2.21. The van der Waals surface area contributed by atoms with Crippen molar-refractivity contribution in [3.05, 3.63) is 239 Å². The zero-order valence-electron chi connectivity index (χ0n) is 31.3. The van der Waals surface area contributed by atoms with E-state index >= 15 is 0 Å². The van der Waals surface area contributed by atoms with Gasteiger partial charge in [0, 0.05) is 51.8 Å². The average molecular weight is 743 g/mol. The monoisotopic (exact) mass is 742 g/mol. The number of aliphatic imine (C=N–C) groups is 2. The molecule has 0 radical (unpaired) electrons. The maximum absolute atomic E-state index is 5.30. The molecule has 9 aromatic rings. The Kier molecular flexibility index (Phi) is 8.11. The number of para-hydroxylation sites is 3. The van der Waals surface area contributed by atoms with Crippen LogP contribution in [0.2, 0.25) is 0 Å². The Hall–Kier alpha value is -7.83. The van der Waals surface area contributed by atoms with Crippen LogP contribution in [0.4, 0.5) is 11.6 Å². The molecule has 0 N–H and O–H groups in total. The van der Waals surface area contributed by atoms with E-state index in [2.05, 4.69) is 156 Å². The zero-order chi connectivity index (χ0) is 38.4. The fourth-order valence-electron chi connectivity index (χ4n) is 8.35. The van der Waals surface area contributed by atoms with Crippen LogP contribution in [0.25, 0.3) is 39.8 Å². The van der Waals surface area contributed by atoms with E-state index in [-0.39, 0.29) is 5.92 Å². The number of rotatable bonds is 6. The second-order valence-corrected chi connectivity index (χ2v) is 14.5. The number of nitrogens with zero attached hydrogens (tertiary/aromatic N) is 6. The summed E-state index contributed by atoms with van der Waals surface area (Å²) in [5, 5.41) is 0. The maximum atomic E-state index is 5.30. The lowest BCUT2D eigenvalue weighted by Gasteiger charge is -2.19. The van der Waals surface area contributed by atoms with Crippen molar-refractivity contribution in [3.63, 3.8) is 0 Å². The van der Waals surface area contributed by atoms with Crippen molar-refractivity contribution < 1.29 is 0 Å². The Balaban J connectivity index is 0.975. The molecule has 2 aliphatic rings. The van der Waals surface area contributed by atoms with Gasteiger partial charge < -0.3 is 0 Å². The van der Waals surface area contributed by atoms with Gasteiger partial charge in [0.25, 0.3) is 0 Å². The van der Waals surface area contributed by atoms with Gasteiger partial charge in [0.05, 0.1) is 22.5 Å². The van der Waals surface area contributed by atoms with Crippen molar-refractivity contribution in [2.45, 2.75) is 5.92 Å². The van der Waals surface area contributed by atoms with Gasteiger partial charge in [-0.05, 0) is 82.4 Å². The summed E-state index contributed by atoms with van der Waals surface area (Å²) in [4.78, 5) is 25.3. The Morgan fingerprint density at radius 2 is 1.00 bits per heavy atom. The van der Waals surface area contributed by atoms with E-state index < -0.39 is 0 Å². The van der Waals surface area contributed by atoms with Crippen LogP contribution < -0.4 is 0 Å². The van der Waals surface area contributed by atoms with Crippen molar-refractivity contribution in [2.24, 2.45) is 9.98 Å². The van der Waals surface area contributed by atoms with E-state index in [0.29, 0.717) is 11.6 Å². The molecule has 0 saturated heterocycles. The van der Waals surface area contributed by atoms with Gasteiger partial charge in [-0.1, -0.05) is 133 Å². The third kappa shape index (κ3) is 5.78. The van der Waals surface area contributed by atoms with Crippen LogP contribution in [-0.4, -0.2) is 30.9 Å². The molecular formula is C52H34N6. The summed E-state index contributed by atoms with van der Waals surface area (Å²) in [6, 6.07) is 63.2. The summed E-state index contributed by atoms with van der Waals surface area (Å²) in [5.41, 5.74) is 15.5. The van der Waals surface area contributed by atoms with Crippen LogP contribution in [0.1, 0.15) is 50.4 Å². The molecular weight excluding hydrogens is 709 g/mol. The van der Waals surface area contributed by atoms with Gasteiger partial charge in [-0.3, -0.25) is 4.57 Å². The van der Waals surface area contributed by atoms with Crippen molar-refractivity contribution in [1.82, 2.24) is 19.5 Å². The number of hydrogen-bond donors (Lipinski definition) is 0. The standard InChI is InChI=1S/C52H34N6/c1-3-13-35(14-4-1)47-41-18-8-7-15-39(41)33-44(47)34-23-25-36(26-24-34)48-42-19-11-31-53-50(42)57-49(43-20-12-32-54-51(43)56-48)37-27-29-38(30-28-37)52-55-45-21-9-10-22-46(45)58(52)40-16-5-2-6-17-40/h1-33,47H/b48-42?,49-43?,56-48-,56-51?,57-49-,57-50?. The van der Waals surface area contributed by atoms with Crippen LogP contribution >= 0.6 is 0 Å². The Morgan fingerprint density at radius 1 is 0.448 bits per heavy atom. The largest absolute Gasteiger partial charge is 0.292 e. The smallest absolute Gasteiger partial charge is 0.161 e. The lowest BCUT2D eigenvalue weighted by atomic mass is 9.85. The molecule has 272 valence electrons. The van der Waals surface area contributed by atoms with Gasteiger partial charge in [0.1, 0.15) is 5.82 Å². The van der Waals surface area contributed by atoms with Crippen molar-refractivity contribution in [2.75, 3.05) is 0 Å². The molecule has 3 aromatic heterocycles. The first-order valence-corrected chi connectivity index (χ1v) is 19.4. The summed E-state index contributed by atoms with van der Waals surface area (Å²) in [5.74, 6) is 2.23. The molecule has 1 unspecified atom stereocenters. The molecule has 0 saturated carbocycles. The summed E-state index contributed by atoms with van der Waals surface area (Å²) >= 11 is 0. The molecule has 0 spiro atoms. The van der Waals surface area contributed by atoms with Gasteiger partial charge in [-0.25, -0.2) is 24.9 Å². The molecule has 0 amide bonds. The Bertz CT molecular complexity index is 3090. The fourth-order valence-corrected chi connectivity index (χ4v) is 8.35. The molecule has 11 rings (SSSR count). The molecule has 4 heterocycles. The van der Waals surface area contributed by atoms with Gasteiger partial charge in [0.15, 0.2) is 11.6 Å². The second-order valence-electron chi connectivity index (χ2n) is 14.5. The summed E-state index contributed by atoms with van der Waals surface area (Å²) in [6.45, 7) is 0. The van der Waals surface area contributed by atoms with E-state index in [0.717, 1.165) is 61.8 Å². The quantitative estimate of drug-likeness (QED) is 0.170. The van der Waals surface area contributed by atoms with Gasteiger partial charge in [0.2, 0.25) is 0 Å². The van der Waals surface area contributed by atoms with Crippen LogP contribution in [0.15, 0.2) is 204 Å². The lowest BCUT2D eigenvalue weighted by Crippen LogP contribution is -2.11. The summed E-state index contributed by atoms with van der Waals surface area (Å²) in [6.07, 6.45) is 5.91. The van der Waals surface area contributed by atoms with E-state index in [9.17, 15) is 0 Å². The number of fused-ring (bicyclic) bond motifs is 4. The Labute approximate surface area is 336 Å². The average Bonchev–Trinajstić information content (AvgIpc) is 3.88. The van der Waals surface area contributed by atoms with E-state index in [4.69, 9.17) is 24.9 Å². The first kappa shape index (κ1) is 33.5. The van der Waals surface area contributed by atoms with Crippen molar-refractivity contribution in [1.29, 1.82) is 0 Å². The third-order valence-electron chi connectivity index (χ3n) is 11.1. The van der Waals surface area contributed by atoms with Crippen molar-refractivity contribution in [3.8, 4) is 17.1 Å². The van der Waals surface area contributed by atoms with E-state index in [1.807, 2.05) is 36.4 Å². The lowest BCUT2D eigenvalue weighted by molar-refractivity contribution is 1.07. The minimum absolute atomic E-state index is 0.162. The second kappa shape index (κ2) is 14.0. The molecule has 0 bridgehead atoms. The van der Waals surface area contributed by atoms with Gasteiger partial charge in [-0.15, -0.1) is 0 Å². The minimum atomic E-state index is 0.162. The molecule has 1 atom stereocenters. The molecule has 6 nitrogen and oxygen atoms in total. The molecule has 6 heteroatoms. The van der Waals surface area contributed by atoms with E-state index in [1.54, 1.807) is 12.4 Å². The predicted octanol–water partition coefficient (Wildman–Crippen LogP) is 11.8. The number of allylic oxidation sites excluding steroid dienone is 1. The van der Waals surface area contributed by atoms with Crippen LogP contribution in [0.3, 0.4) is 0 Å².